The van der Waals surface area contributed by atoms with E-state index in [1.54, 1.807) is 0 Å². The number of anilines is 1. The van der Waals surface area contributed by atoms with Crippen molar-refractivity contribution in [2.45, 2.75) is 6.92 Å². The van der Waals surface area contributed by atoms with Gasteiger partial charge in [-0.15, -0.1) is 11.3 Å². The Morgan fingerprint density at radius 2 is 2.00 bits per heavy atom. The Morgan fingerprint density at radius 3 is 2.80 bits per heavy atom. The number of rotatable bonds is 0. The van der Waals surface area contributed by atoms with Gasteiger partial charge in [-0.3, -0.25) is 4.79 Å². The molecule has 2 N–H and O–H groups in total. The van der Waals surface area contributed by atoms with Crippen LogP contribution in [-0.4, -0.2) is 5.78 Å². The van der Waals surface area contributed by atoms with E-state index in [9.17, 15) is 4.79 Å². The predicted octanol–water partition coefficient (Wildman–Crippen LogP) is 2.85. The maximum absolute atomic E-state index is 12.0. The molecule has 0 radical (unpaired) electrons. The summed E-state index contributed by atoms with van der Waals surface area (Å²) < 4.78 is 0. The van der Waals surface area contributed by atoms with Crippen molar-refractivity contribution in [3.63, 3.8) is 0 Å². The Hall–Kier alpha value is -1.61. The molecule has 0 unspecified atom stereocenters. The van der Waals surface area contributed by atoms with Gasteiger partial charge < -0.3 is 5.73 Å². The first-order chi connectivity index (χ1) is 7.18. The average molecular weight is 215 g/mol. The van der Waals surface area contributed by atoms with Crippen molar-refractivity contribution in [3.05, 3.63) is 40.3 Å². The highest BCUT2D eigenvalue weighted by Crippen LogP contribution is 2.43. The van der Waals surface area contributed by atoms with E-state index < -0.39 is 0 Å². The van der Waals surface area contributed by atoms with Crippen LogP contribution in [0.5, 0.6) is 0 Å². The van der Waals surface area contributed by atoms with E-state index >= 15 is 0 Å². The molecule has 0 saturated heterocycles. The molecule has 3 heteroatoms. The van der Waals surface area contributed by atoms with Gasteiger partial charge in [0, 0.05) is 16.5 Å². The number of nitrogens with two attached hydrogens (primary N) is 1. The molecular weight excluding hydrogens is 206 g/mol. The molecule has 1 aliphatic carbocycles. The van der Waals surface area contributed by atoms with E-state index in [4.69, 9.17) is 5.73 Å². The predicted molar refractivity (Wildman–Crippen MR) is 62.3 cm³/mol. The fourth-order valence-corrected chi connectivity index (χ4v) is 2.83. The Bertz CT molecular complexity index is 583. The van der Waals surface area contributed by atoms with Gasteiger partial charge in [0.15, 0.2) is 5.78 Å². The standard InChI is InChI=1S/C12H9NOS/c1-6-2-3-7-8(4-6)11(14)10-9(7)5-15-12(10)13/h2-5H,13H2,1H3. The largest absolute Gasteiger partial charge is 0.390 e. The molecule has 1 aromatic heterocycles. The number of ketones is 1. The first-order valence-corrected chi connectivity index (χ1v) is 5.59. The van der Waals surface area contributed by atoms with E-state index in [1.165, 1.54) is 11.3 Å². The molecule has 0 bridgehead atoms. The van der Waals surface area contributed by atoms with Gasteiger partial charge >= 0.3 is 0 Å². The summed E-state index contributed by atoms with van der Waals surface area (Å²) in [6, 6.07) is 5.96. The van der Waals surface area contributed by atoms with Crippen LogP contribution in [0.25, 0.3) is 11.1 Å². The maximum atomic E-state index is 12.0. The first-order valence-electron chi connectivity index (χ1n) is 4.71. The van der Waals surface area contributed by atoms with Crippen LogP contribution in [-0.2, 0) is 0 Å². The number of carbonyl (C=O) groups is 1. The molecule has 1 heterocycles. The number of thiophene rings is 1. The molecule has 0 saturated carbocycles. The second-order valence-electron chi connectivity index (χ2n) is 3.77. The summed E-state index contributed by atoms with van der Waals surface area (Å²) in [6.45, 7) is 1.99. The summed E-state index contributed by atoms with van der Waals surface area (Å²) in [5, 5.41) is 2.59. The van der Waals surface area contributed by atoms with Gasteiger partial charge in [-0.2, -0.15) is 0 Å². The molecule has 0 fully saturated rings. The second kappa shape index (κ2) is 2.70. The minimum Gasteiger partial charge on any atom is -0.390 e. The van der Waals surface area contributed by atoms with Crippen LogP contribution < -0.4 is 5.73 Å². The molecule has 2 aromatic rings. The van der Waals surface area contributed by atoms with Crippen LogP contribution in [0, 0.1) is 6.92 Å². The molecular formula is C12H9NOS. The van der Waals surface area contributed by atoms with E-state index in [-0.39, 0.29) is 5.78 Å². The highest BCUT2D eigenvalue weighted by molar-refractivity contribution is 7.15. The fourth-order valence-electron chi connectivity index (χ4n) is 2.02. The van der Waals surface area contributed by atoms with Crippen molar-refractivity contribution in [1.82, 2.24) is 0 Å². The summed E-state index contributed by atoms with van der Waals surface area (Å²) in [5.41, 5.74) is 10.4. The van der Waals surface area contributed by atoms with E-state index in [0.29, 0.717) is 10.6 Å². The Morgan fingerprint density at radius 1 is 1.20 bits per heavy atom. The molecule has 15 heavy (non-hydrogen) atoms. The Labute approximate surface area is 91.4 Å². The fraction of sp³-hybridized carbons (Fsp3) is 0.0833. The number of hydrogen-bond acceptors (Lipinski definition) is 3. The van der Waals surface area contributed by atoms with Gasteiger partial charge in [0.1, 0.15) is 0 Å². The van der Waals surface area contributed by atoms with Crippen molar-refractivity contribution in [3.8, 4) is 11.1 Å². The lowest BCUT2D eigenvalue weighted by atomic mass is 10.1. The van der Waals surface area contributed by atoms with E-state index in [0.717, 1.165) is 22.3 Å². The Balaban J connectivity index is 2.38. The molecule has 3 rings (SSSR count). The first kappa shape index (κ1) is 8.68. The lowest BCUT2D eigenvalue weighted by molar-refractivity contribution is 0.104. The highest BCUT2D eigenvalue weighted by Gasteiger charge is 2.29. The lowest BCUT2D eigenvalue weighted by Crippen LogP contribution is -1.97. The van der Waals surface area contributed by atoms with Crippen LogP contribution in [0.15, 0.2) is 23.6 Å². The van der Waals surface area contributed by atoms with Crippen LogP contribution in [0.1, 0.15) is 21.5 Å². The van der Waals surface area contributed by atoms with Gasteiger partial charge in [-0.1, -0.05) is 17.7 Å². The minimum atomic E-state index is 0.0717. The number of carbonyl (C=O) groups excluding carboxylic acids is 1. The summed E-state index contributed by atoms with van der Waals surface area (Å²) in [5.74, 6) is 0.0717. The molecule has 1 aromatic carbocycles. The quantitative estimate of drug-likeness (QED) is 0.626. The minimum absolute atomic E-state index is 0.0717. The number of hydrogen-bond donors (Lipinski definition) is 1. The third-order valence-corrected chi connectivity index (χ3v) is 3.57. The van der Waals surface area contributed by atoms with Crippen LogP contribution >= 0.6 is 11.3 Å². The topological polar surface area (TPSA) is 43.1 Å². The molecule has 2 nitrogen and oxygen atoms in total. The molecule has 0 atom stereocenters. The van der Waals surface area contributed by atoms with E-state index in [1.807, 2.05) is 30.5 Å². The lowest BCUT2D eigenvalue weighted by Gasteiger charge is -1.99. The summed E-state index contributed by atoms with van der Waals surface area (Å²) >= 11 is 1.44. The van der Waals surface area contributed by atoms with E-state index in [2.05, 4.69) is 0 Å². The zero-order valence-electron chi connectivity index (χ0n) is 8.20. The molecule has 0 aliphatic heterocycles. The van der Waals surface area contributed by atoms with Gasteiger partial charge in [-0.25, -0.2) is 0 Å². The summed E-state index contributed by atoms with van der Waals surface area (Å²) in [7, 11) is 0. The van der Waals surface area contributed by atoms with Crippen LogP contribution in [0.2, 0.25) is 0 Å². The van der Waals surface area contributed by atoms with Crippen molar-refractivity contribution >= 4 is 22.1 Å². The van der Waals surface area contributed by atoms with Gasteiger partial charge in [-0.05, 0) is 18.6 Å². The zero-order chi connectivity index (χ0) is 10.6. The molecule has 0 amide bonds. The second-order valence-corrected chi connectivity index (χ2v) is 4.68. The number of benzene rings is 1. The summed E-state index contributed by atoms with van der Waals surface area (Å²) in [6.07, 6.45) is 0. The van der Waals surface area contributed by atoms with Gasteiger partial charge in [0.2, 0.25) is 0 Å². The van der Waals surface area contributed by atoms with Crippen LogP contribution in [0.3, 0.4) is 0 Å². The zero-order valence-corrected chi connectivity index (χ0v) is 9.02. The van der Waals surface area contributed by atoms with Gasteiger partial charge in [0.05, 0.1) is 10.6 Å². The van der Waals surface area contributed by atoms with Crippen molar-refractivity contribution in [2.75, 3.05) is 5.73 Å². The maximum Gasteiger partial charge on any atom is 0.197 e. The molecule has 74 valence electrons. The van der Waals surface area contributed by atoms with Crippen molar-refractivity contribution < 1.29 is 4.79 Å². The van der Waals surface area contributed by atoms with Gasteiger partial charge in [0.25, 0.3) is 0 Å². The van der Waals surface area contributed by atoms with Crippen molar-refractivity contribution in [1.29, 1.82) is 0 Å². The summed E-state index contributed by atoms with van der Waals surface area (Å²) in [4.78, 5) is 12.0. The Kier molecular flexibility index (Phi) is 1.56. The number of nitrogen functional groups attached to an aromatic ring is 1. The molecule has 1 aliphatic rings. The van der Waals surface area contributed by atoms with Crippen molar-refractivity contribution in [2.24, 2.45) is 0 Å². The highest BCUT2D eigenvalue weighted by atomic mass is 32.1. The SMILES string of the molecule is Cc1ccc2c(c1)C(=O)c1c-2csc1N. The third-order valence-electron chi connectivity index (χ3n) is 2.76. The normalized spacial score (nSPS) is 12.7. The van der Waals surface area contributed by atoms with Crippen LogP contribution in [0.4, 0.5) is 5.00 Å². The average Bonchev–Trinajstić information content (AvgIpc) is 2.70. The monoisotopic (exact) mass is 215 g/mol. The molecule has 0 spiro atoms. The number of aryl methyl sites for hydroxylation is 1. The smallest absolute Gasteiger partial charge is 0.197 e. The number of fused-ring (bicyclic) bond motifs is 3. The third kappa shape index (κ3) is 1.01.